The predicted octanol–water partition coefficient (Wildman–Crippen LogP) is 3.19. The van der Waals surface area contributed by atoms with Crippen LogP contribution in [-0.2, 0) is 0 Å². The van der Waals surface area contributed by atoms with Crippen LogP contribution < -0.4 is 0 Å². The van der Waals surface area contributed by atoms with Crippen LogP contribution in [0.15, 0.2) is 79.1 Å². The van der Waals surface area contributed by atoms with Crippen molar-refractivity contribution in [2.45, 2.75) is 6.04 Å². The lowest BCUT2D eigenvalue weighted by Crippen LogP contribution is -2.28. The Bertz CT molecular complexity index is 714. The largest absolute Gasteiger partial charge is 0.291 e. The van der Waals surface area contributed by atoms with Crippen molar-refractivity contribution in [3.63, 3.8) is 0 Å². The maximum Gasteiger partial charge on any atom is 0.195 e. The van der Waals surface area contributed by atoms with Gasteiger partial charge in [0.25, 0.3) is 0 Å². The van der Waals surface area contributed by atoms with E-state index in [1.807, 2.05) is 12.1 Å². The number of carbonyl (C=O) groups excluding carboxylic acids is 2. The van der Waals surface area contributed by atoms with Crippen LogP contribution in [0.2, 0.25) is 0 Å². The molecule has 1 heterocycles. The molecule has 3 aromatic rings. The number of rotatable bonds is 5. The molecule has 0 aliphatic carbocycles. The highest BCUT2D eigenvalue weighted by molar-refractivity contribution is 6.17. The zero-order valence-electron chi connectivity index (χ0n) is 11.8. The molecule has 0 amide bonds. The Morgan fingerprint density at radius 2 is 1.27 bits per heavy atom. The molecule has 0 fully saturated rings. The minimum atomic E-state index is -0.986. The highest BCUT2D eigenvalue weighted by atomic mass is 16.2. The van der Waals surface area contributed by atoms with Crippen LogP contribution in [-0.4, -0.2) is 21.3 Å². The molecule has 0 bridgehead atoms. The second kappa shape index (κ2) is 6.18. The molecule has 2 aromatic carbocycles. The van der Waals surface area contributed by atoms with Crippen LogP contribution in [0.3, 0.4) is 0 Å². The van der Waals surface area contributed by atoms with Crippen molar-refractivity contribution in [3.8, 4) is 0 Å². The van der Waals surface area contributed by atoms with Crippen LogP contribution in [0, 0.1) is 0 Å². The Labute approximate surface area is 128 Å². The van der Waals surface area contributed by atoms with Gasteiger partial charge in [-0.2, -0.15) is 5.10 Å². The Morgan fingerprint density at radius 3 is 1.68 bits per heavy atom. The van der Waals surface area contributed by atoms with Gasteiger partial charge in [0.05, 0.1) is 0 Å². The van der Waals surface area contributed by atoms with Gasteiger partial charge >= 0.3 is 0 Å². The van der Waals surface area contributed by atoms with Gasteiger partial charge in [0.2, 0.25) is 0 Å². The van der Waals surface area contributed by atoms with Crippen molar-refractivity contribution in [1.82, 2.24) is 9.78 Å². The van der Waals surface area contributed by atoms with Gasteiger partial charge in [-0.1, -0.05) is 60.7 Å². The molecule has 0 unspecified atom stereocenters. The third-order valence-corrected chi connectivity index (χ3v) is 3.40. The first-order valence-electron chi connectivity index (χ1n) is 6.95. The number of hydrogen-bond donors (Lipinski definition) is 0. The fourth-order valence-corrected chi connectivity index (χ4v) is 2.31. The Balaban J connectivity index is 2.02. The first kappa shape index (κ1) is 13.9. The molecule has 0 spiro atoms. The minimum Gasteiger partial charge on any atom is -0.291 e. The molecule has 0 aliphatic rings. The Hall–Kier alpha value is -3.01. The summed E-state index contributed by atoms with van der Waals surface area (Å²) in [6, 6.07) is 18.3. The maximum atomic E-state index is 12.8. The number of carbonyl (C=O) groups is 2. The lowest BCUT2D eigenvalue weighted by atomic mass is 9.96. The number of hydrogen-bond acceptors (Lipinski definition) is 3. The molecule has 0 aliphatic heterocycles. The highest BCUT2D eigenvalue weighted by Gasteiger charge is 2.30. The fourth-order valence-electron chi connectivity index (χ4n) is 2.31. The SMILES string of the molecule is O=C(c1ccccc1)C(C(=O)c1ccccc1)n1cccn1. The van der Waals surface area contributed by atoms with E-state index in [2.05, 4.69) is 5.10 Å². The van der Waals surface area contributed by atoms with E-state index < -0.39 is 6.04 Å². The van der Waals surface area contributed by atoms with Crippen LogP contribution in [0.1, 0.15) is 26.8 Å². The summed E-state index contributed by atoms with van der Waals surface area (Å²) >= 11 is 0. The molecule has 3 rings (SSSR count). The van der Waals surface area contributed by atoms with Crippen molar-refractivity contribution in [2.24, 2.45) is 0 Å². The predicted molar refractivity (Wildman–Crippen MR) is 82.8 cm³/mol. The third kappa shape index (κ3) is 2.72. The van der Waals surface area contributed by atoms with Crippen LogP contribution in [0.4, 0.5) is 0 Å². The molecule has 22 heavy (non-hydrogen) atoms. The fraction of sp³-hybridized carbons (Fsp3) is 0.0556. The van der Waals surface area contributed by atoms with E-state index in [9.17, 15) is 9.59 Å². The smallest absolute Gasteiger partial charge is 0.195 e. The number of Topliss-reactive ketones (excluding diaryl/α,β-unsaturated/α-hetero) is 2. The minimum absolute atomic E-state index is 0.266. The van der Waals surface area contributed by atoms with Gasteiger partial charge in [0.1, 0.15) is 0 Å². The van der Waals surface area contributed by atoms with E-state index in [1.54, 1.807) is 67.0 Å². The van der Waals surface area contributed by atoms with Crippen LogP contribution in [0.25, 0.3) is 0 Å². The Kier molecular flexibility index (Phi) is 3.92. The lowest BCUT2D eigenvalue weighted by Gasteiger charge is -2.15. The summed E-state index contributed by atoms with van der Waals surface area (Å²) in [6.07, 6.45) is 3.19. The van der Waals surface area contributed by atoms with Gasteiger partial charge in [-0.15, -0.1) is 0 Å². The summed E-state index contributed by atoms with van der Waals surface area (Å²) in [6.45, 7) is 0. The molecule has 0 atom stereocenters. The second-order valence-corrected chi connectivity index (χ2v) is 4.85. The van der Waals surface area contributed by atoms with E-state index in [-0.39, 0.29) is 11.6 Å². The molecule has 0 N–H and O–H groups in total. The van der Waals surface area contributed by atoms with Crippen molar-refractivity contribution in [3.05, 3.63) is 90.3 Å². The molecule has 108 valence electrons. The zero-order valence-corrected chi connectivity index (χ0v) is 11.8. The van der Waals surface area contributed by atoms with E-state index in [1.165, 1.54) is 4.68 Å². The number of ketones is 2. The summed E-state index contributed by atoms with van der Waals surface area (Å²) in [5, 5.41) is 4.08. The highest BCUT2D eigenvalue weighted by Crippen LogP contribution is 2.19. The van der Waals surface area contributed by atoms with E-state index in [0.29, 0.717) is 11.1 Å². The molecule has 0 saturated heterocycles. The van der Waals surface area contributed by atoms with E-state index >= 15 is 0 Å². The molecule has 4 nitrogen and oxygen atoms in total. The molecule has 0 saturated carbocycles. The first-order valence-corrected chi connectivity index (χ1v) is 6.95. The van der Waals surface area contributed by atoms with Gasteiger partial charge in [-0.3, -0.25) is 14.3 Å². The maximum absolute atomic E-state index is 12.8. The lowest BCUT2D eigenvalue weighted by molar-refractivity contribution is 0.0805. The van der Waals surface area contributed by atoms with Crippen molar-refractivity contribution in [1.29, 1.82) is 0 Å². The summed E-state index contributed by atoms with van der Waals surface area (Å²) < 4.78 is 1.41. The molecule has 0 radical (unpaired) electrons. The molecule has 1 aromatic heterocycles. The van der Waals surface area contributed by atoms with Gasteiger partial charge in [0.15, 0.2) is 17.6 Å². The topological polar surface area (TPSA) is 52.0 Å². The second-order valence-electron chi connectivity index (χ2n) is 4.85. The molecule has 4 heteroatoms. The normalized spacial score (nSPS) is 10.6. The first-order chi connectivity index (χ1) is 10.8. The monoisotopic (exact) mass is 290 g/mol. The quantitative estimate of drug-likeness (QED) is 0.535. The summed E-state index contributed by atoms with van der Waals surface area (Å²) in [4.78, 5) is 25.6. The summed E-state index contributed by atoms with van der Waals surface area (Å²) in [5.41, 5.74) is 0.986. The third-order valence-electron chi connectivity index (χ3n) is 3.40. The number of aromatic nitrogens is 2. The van der Waals surface area contributed by atoms with Crippen molar-refractivity contribution in [2.75, 3.05) is 0 Å². The standard InChI is InChI=1S/C18H14N2O2/c21-17(14-8-3-1-4-9-14)16(20-13-7-12-19-20)18(22)15-10-5-2-6-11-15/h1-13,16H. The summed E-state index contributed by atoms with van der Waals surface area (Å²) in [7, 11) is 0. The van der Waals surface area contributed by atoms with Crippen molar-refractivity contribution < 1.29 is 9.59 Å². The average molecular weight is 290 g/mol. The molecular formula is C18H14N2O2. The van der Waals surface area contributed by atoms with Gasteiger partial charge < -0.3 is 0 Å². The van der Waals surface area contributed by atoms with Gasteiger partial charge in [-0.25, -0.2) is 0 Å². The van der Waals surface area contributed by atoms with Crippen molar-refractivity contribution >= 4 is 11.6 Å². The average Bonchev–Trinajstić information content (AvgIpc) is 3.10. The van der Waals surface area contributed by atoms with Crippen LogP contribution in [0.5, 0.6) is 0 Å². The van der Waals surface area contributed by atoms with Gasteiger partial charge in [-0.05, 0) is 6.07 Å². The number of benzene rings is 2. The van der Waals surface area contributed by atoms with E-state index in [0.717, 1.165) is 0 Å². The summed E-state index contributed by atoms with van der Waals surface area (Å²) in [5.74, 6) is -0.531. The molecular weight excluding hydrogens is 276 g/mol. The van der Waals surface area contributed by atoms with Gasteiger partial charge in [0, 0.05) is 23.5 Å². The van der Waals surface area contributed by atoms with E-state index in [4.69, 9.17) is 0 Å². The number of nitrogens with zero attached hydrogens (tertiary/aromatic N) is 2. The van der Waals surface area contributed by atoms with Crippen LogP contribution >= 0.6 is 0 Å². The zero-order chi connectivity index (χ0) is 15.4. The Morgan fingerprint density at radius 1 is 0.773 bits per heavy atom.